The van der Waals surface area contributed by atoms with E-state index in [2.05, 4.69) is 31.4 Å². The number of unbranched alkanes of at least 4 members (excludes halogenated alkanes) is 2. The van der Waals surface area contributed by atoms with Gasteiger partial charge in [-0.05, 0) is 26.7 Å². The highest BCUT2D eigenvalue weighted by Crippen LogP contribution is 2.03. The number of carbonyl (C=O) groups is 1. The van der Waals surface area contributed by atoms with Crippen LogP contribution < -0.4 is 10.6 Å². The Morgan fingerprint density at radius 1 is 1.12 bits per heavy atom. The van der Waals surface area contributed by atoms with E-state index < -0.39 is 0 Å². The molecule has 2 N–H and O–H groups in total. The fourth-order valence-corrected chi connectivity index (χ4v) is 1.69. The molecule has 0 radical (unpaired) electrons. The van der Waals surface area contributed by atoms with Crippen LogP contribution in [0.5, 0.6) is 0 Å². The van der Waals surface area contributed by atoms with E-state index in [1.54, 1.807) is 0 Å². The zero-order valence-electron chi connectivity index (χ0n) is 11.3. The molecule has 1 amide bonds. The van der Waals surface area contributed by atoms with E-state index in [9.17, 15) is 4.79 Å². The van der Waals surface area contributed by atoms with Crippen LogP contribution in [0.3, 0.4) is 0 Å². The average molecular weight is 228 g/mol. The maximum absolute atomic E-state index is 11.6. The third-order valence-corrected chi connectivity index (χ3v) is 2.72. The molecule has 0 aliphatic carbocycles. The van der Waals surface area contributed by atoms with Gasteiger partial charge in [0, 0.05) is 12.6 Å². The molecule has 0 saturated carbocycles. The summed E-state index contributed by atoms with van der Waals surface area (Å²) in [5.41, 5.74) is 0. The maximum atomic E-state index is 11.6. The summed E-state index contributed by atoms with van der Waals surface area (Å²) >= 11 is 0. The minimum Gasteiger partial charge on any atom is -0.355 e. The minimum atomic E-state index is -0.0804. The normalized spacial score (nSPS) is 14.5. The van der Waals surface area contributed by atoms with Crippen molar-refractivity contribution < 1.29 is 4.79 Å². The van der Waals surface area contributed by atoms with Crippen LogP contribution in [-0.2, 0) is 4.79 Å². The van der Waals surface area contributed by atoms with Crippen LogP contribution in [0.1, 0.15) is 59.8 Å². The molecule has 2 atom stereocenters. The second-order valence-electron chi connectivity index (χ2n) is 4.58. The molecule has 16 heavy (non-hydrogen) atoms. The lowest BCUT2D eigenvalue weighted by molar-refractivity contribution is -0.122. The van der Waals surface area contributed by atoms with E-state index in [1.165, 1.54) is 19.3 Å². The Bertz CT molecular complexity index is 183. The Kier molecular flexibility index (Phi) is 9.30. The van der Waals surface area contributed by atoms with Gasteiger partial charge in [0.2, 0.25) is 5.91 Å². The Morgan fingerprint density at radius 3 is 2.38 bits per heavy atom. The summed E-state index contributed by atoms with van der Waals surface area (Å²) in [7, 11) is 0. The maximum Gasteiger partial charge on any atom is 0.236 e. The van der Waals surface area contributed by atoms with Crippen molar-refractivity contribution in [1.82, 2.24) is 10.6 Å². The molecule has 0 fully saturated rings. The van der Waals surface area contributed by atoms with Gasteiger partial charge in [-0.15, -0.1) is 0 Å². The molecule has 3 heteroatoms. The minimum absolute atomic E-state index is 0.0804. The third kappa shape index (κ3) is 7.69. The standard InChI is InChI=1S/C13H28N2O/c1-5-7-8-9-11(3)15-12(4)13(16)14-10-6-2/h11-12,15H,5-10H2,1-4H3,(H,14,16). The quantitative estimate of drug-likeness (QED) is 0.595. The van der Waals surface area contributed by atoms with Gasteiger partial charge in [-0.25, -0.2) is 0 Å². The van der Waals surface area contributed by atoms with Crippen LogP contribution in [0.25, 0.3) is 0 Å². The highest BCUT2D eigenvalue weighted by Gasteiger charge is 2.13. The van der Waals surface area contributed by atoms with Crippen LogP contribution in [0, 0.1) is 0 Å². The van der Waals surface area contributed by atoms with Gasteiger partial charge in [0.1, 0.15) is 0 Å². The predicted molar refractivity (Wildman–Crippen MR) is 69.5 cm³/mol. The van der Waals surface area contributed by atoms with Crippen molar-refractivity contribution in [2.75, 3.05) is 6.54 Å². The smallest absolute Gasteiger partial charge is 0.236 e. The summed E-state index contributed by atoms with van der Waals surface area (Å²) in [6.07, 6.45) is 5.92. The SMILES string of the molecule is CCCCCC(C)NC(C)C(=O)NCCC. The number of hydrogen-bond acceptors (Lipinski definition) is 2. The molecule has 0 rings (SSSR count). The molecule has 0 spiro atoms. The molecule has 0 saturated heterocycles. The van der Waals surface area contributed by atoms with Crippen molar-refractivity contribution in [3.8, 4) is 0 Å². The predicted octanol–water partition coefficient (Wildman–Crippen LogP) is 2.46. The highest BCUT2D eigenvalue weighted by atomic mass is 16.2. The number of amides is 1. The van der Waals surface area contributed by atoms with Crippen LogP contribution >= 0.6 is 0 Å². The van der Waals surface area contributed by atoms with Crippen LogP contribution in [0.2, 0.25) is 0 Å². The van der Waals surface area contributed by atoms with Crippen molar-refractivity contribution >= 4 is 5.91 Å². The molecule has 2 unspecified atom stereocenters. The van der Waals surface area contributed by atoms with E-state index in [-0.39, 0.29) is 11.9 Å². The zero-order chi connectivity index (χ0) is 12.4. The molecular weight excluding hydrogens is 200 g/mol. The summed E-state index contributed by atoms with van der Waals surface area (Å²) in [4.78, 5) is 11.6. The fourth-order valence-electron chi connectivity index (χ4n) is 1.69. The van der Waals surface area contributed by atoms with Gasteiger partial charge < -0.3 is 10.6 Å². The van der Waals surface area contributed by atoms with Gasteiger partial charge in [0.15, 0.2) is 0 Å². The first-order valence-electron chi connectivity index (χ1n) is 6.65. The van der Waals surface area contributed by atoms with Gasteiger partial charge in [0.25, 0.3) is 0 Å². The second kappa shape index (κ2) is 9.64. The molecular formula is C13H28N2O. The summed E-state index contributed by atoms with van der Waals surface area (Å²) in [6, 6.07) is 0.345. The Morgan fingerprint density at radius 2 is 1.81 bits per heavy atom. The van der Waals surface area contributed by atoms with Crippen LogP contribution in [-0.4, -0.2) is 24.5 Å². The van der Waals surface area contributed by atoms with Crippen molar-refractivity contribution in [3.63, 3.8) is 0 Å². The van der Waals surface area contributed by atoms with Crippen LogP contribution in [0.4, 0.5) is 0 Å². The van der Waals surface area contributed by atoms with Gasteiger partial charge in [0.05, 0.1) is 6.04 Å². The largest absolute Gasteiger partial charge is 0.355 e. The van der Waals surface area contributed by atoms with E-state index in [1.807, 2.05) is 6.92 Å². The Balaban J connectivity index is 3.67. The van der Waals surface area contributed by atoms with E-state index >= 15 is 0 Å². The lowest BCUT2D eigenvalue weighted by Crippen LogP contribution is -2.45. The summed E-state index contributed by atoms with van der Waals surface area (Å²) in [5.74, 6) is 0.115. The molecule has 0 bridgehead atoms. The van der Waals surface area contributed by atoms with Crippen molar-refractivity contribution in [3.05, 3.63) is 0 Å². The monoisotopic (exact) mass is 228 g/mol. The van der Waals surface area contributed by atoms with Gasteiger partial charge in [-0.3, -0.25) is 4.79 Å². The summed E-state index contributed by atoms with van der Waals surface area (Å²) in [6.45, 7) is 9.13. The first kappa shape index (κ1) is 15.4. The molecule has 0 aliphatic heterocycles. The van der Waals surface area contributed by atoms with Gasteiger partial charge in [-0.2, -0.15) is 0 Å². The van der Waals surface area contributed by atoms with Crippen molar-refractivity contribution in [1.29, 1.82) is 0 Å². The Labute approximate surface area is 100 Å². The van der Waals surface area contributed by atoms with E-state index in [0.717, 1.165) is 19.4 Å². The first-order chi connectivity index (χ1) is 7.61. The summed E-state index contributed by atoms with van der Waals surface area (Å²) < 4.78 is 0. The van der Waals surface area contributed by atoms with E-state index in [0.29, 0.717) is 6.04 Å². The van der Waals surface area contributed by atoms with Gasteiger partial charge >= 0.3 is 0 Å². The van der Waals surface area contributed by atoms with Crippen molar-refractivity contribution in [2.24, 2.45) is 0 Å². The second-order valence-corrected chi connectivity index (χ2v) is 4.58. The molecule has 0 aliphatic rings. The third-order valence-electron chi connectivity index (χ3n) is 2.72. The molecule has 0 aromatic heterocycles. The van der Waals surface area contributed by atoms with Gasteiger partial charge in [-0.1, -0.05) is 33.1 Å². The molecule has 96 valence electrons. The number of carbonyl (C=O) groups excluding carboxylic acids is 1. The van der Waals surface area contributed by atoms with E-state index in [4.69, 9.17) is 0 Å². The molecule has 3 nitrogen and oxygen atoms in total. The lowest BCUT2D eigenvalue weighted by atomic mass is 10.1. The Hall–Kier alpha value is -0.570. The number of nitrogens with one attached hydrogen (secondary N) is 2. The molecule has 0 aromatic carbocycles. The summed E-state index contributed by atoms with van der Waals surface area (Å²) in [5, 5.41) is 6.24. The average Bonchev–Trinajstić information content (AvgIpc) is 2.26. The zero-order valence-corrected chi connectivity index (χ0v) is 11.3. The van der Waals surface area contributed by atoms with Crippen molar-refractivity contribution in [2.45, 2.75) is 71.9 Å². The highest BCUT2D eigenvalue weighted by molar-refractivity contribution is 5.81. The molecule has 0 aromatic rings. The molecule has 0 heterocycles. The topological polar surface area (TPSA) is 41.1 Å². The first-order valence-corrected chi connectivity index (χ1v) is 6.65. The lowest BCUT2D eigenvalue weighted by Gasteiger charge is -2.19. The van der Waals surface area contributed by atoms with Crippen LogP contribution in [0.15, 0.2) is 0 Å². The number of rotatable bonds is 9. The fraction of sp³-hybridized carbons (Fsp3) is 0.923. The number of hydrogen-bond donors (Lipinski definition) is 2.